The highest BCUT2D eigenvalue weighted by atomic mass is 35.5. The van der Waals surface area contributed by atoms with Crippen molar-refractivity contribution in [3.63, 3.8) is 0 Å². The van der Waals surface area contributed by atoms with E-state index in [9.17, 15) is 14.9 Å². The van der Waals surface area contributed by atoms with Gasteiger partial charge in [0.05, 0.1) is 15.0 Å². The summed E-state index contributed by atoms with van der Waals surface area (Å²) in [6.45, 7) is 3.77. The molecule has 0 saturated carbocycles. The number of rotatable bonds is 7. The molecule has 0 spiro atoms. The Labute approximate surface area is 131 Å². The zero-order valence-corrected chi connectivity index (χ0v) is 13.0. The predicted molar refractivity (Wildman–Crippen MR) is 79.9 cm³/mol. The average molecular weight is 336 g/mol. The first-order valence-corrected chi connectivity index (χ1v) is 6.78. The molecule has 1 aromatic rings. The number of nitro benzene ring substituents is 1. The molecule has 1 rings (SSSR count). The number of hydrogen-bond acceptors (Lipinski definition) is 5. The van der Waals surface area contributed by atoms with E-state index in [-0.39, 0.29) is 28.1 Å². The van der Waals surface area contributed by atoms with Crippen molar-refractivity contribution in [3.8, 4) is 5.75 Å². The molecule has 0 radical (unpaired) electrons. The third kappa shape index (κ3) is 4.20. The molecule has 0 aromatic heterocycles. The lowest BCUT2D eigenvalue weighted by Crippen LogP contribution is -2.57. The van der Waals surface area contributed by atoms with Gasteiger partial charge < -0.3 is 15.8 Å². The quantitative estimate of drug-likeness (QED) is 0.586. The van der Waals surface area contributed by atoms with Crippen LogP contribution in [0.25, 0.3) is 0 Å². The van der Waals surface area contributed by atoms with Gasteiger partial charge in [0.2, 0.25) is 5.91 Å². The van der Waals surface area contributed by atoms with Crippen LogP contribution in [0.1, 0.15) is 13.8 Å². The van der Waals surface area contributed by atoms with Gasteiger partial charge in [-0.15, -0.1) is 0 Å². The van der Waals surface area contributed by atoms with Crippen molar-refractivity contribution in [2.75, 3.05) is 13.2 Å². The Hall–Kier alpha value is -1.57. The fraction of sp³-hybridized carbons (Fsp3) is 0.417. The number of halogens is 2. The molecule has 0 aliphatic rings. The van der Waals surface area contributed by atoms with Crippen LogP contribution in [0.2, 0.25) is 10.0 Å². The first-order chi connectivity index (χ1) is 9.71. The van der Waals surface area contributed by atoms with E-state index in [0.717, 1.165) is 12.1 Å². The molecule has 0 aliphatic carbocycles. The number of carbonyl (C=O) groups excluding carboxylic acids is 1. The van der Waals surface area contributed by atoms with Crippen LogP contribution in [0.4, 0.5) is 5.69 Å². The van der Waals surface area contributed by atoms with Crippen LogP contribution in [0.3, 0.4) is 0 Å². The third-order valence-corrected chi connectivity index (χ3v) is 3.37. The van der Waals surface area contributed by atoms with E-state index in [1.54, 1.807) is 6.92 Å². The third-order valence-electron chi connectivity index (χ3n) is 2.81. The lowest BCUT2D eigenvalue weighted by atomic mass is 10.0. The van der Waals surface area contributed by atoms with E-state index in [1.807, 2.05) is 6.92 Å². The van der Waals surface area contributed by atoms with Crippen molar-refractivity contribution in [3.05, 3.63) is 32.3 Å². The fourth-order valence-corrected chi connectivity index (χ4v) is 2.19. The minimum absolute atomic E-state index is 0.0162. The van der Waals surface area contributed by atoms with E-state index in [1.165, 1.54) is 0 Å². The van der Waals surface area contributed by atoms with E-state index in [0.29, 0.717) is 6.54 Å². The first-order valence-electron chi connectivity index (χ1n) is 6.02. The van der Waals surface area contributed by atoms with Gasteiger partial charge in [0.25, 0.3) is 5.69 Å². The average Bonchev–Trinajstić information content (AvgIpc) is 2.37. The van der Waals surface area contributed by atoms with E-state index < -0.39 is 16.4 Å². The van der Waals surface area contributed by atoms with Gasteiger partial charge in [-0.3, -0.25) is 14.9 Å². The Balaban J connectivity index is 2.98. The summed E-state index contributed by atoms with van der Waals surface area (Å²) in [5.41, 5.74) is 3.97. The topological polar surface area (TPSA) is 107 Å². The Bertz CT molecular complexity index is 544. The summed E-state index contributed by atoms with van der Waals surface area (Å²) in [6, 6.07) is 2.25. The molecule has 1 atom stereocenters. The monoisotopic (exact) mass is 335 g/mol. The Kier molecular flexibility index (Phi) is 5.77. The second-order valence-corrected chi connectivity index (χ2v) is 5.33. The number of nitrogens with two attached hydrogens (primary N) is 1. The van der Waals surface area contributed by atoms with Crippen LogP contribution in [0, 0.1) is 10.1 Å². The van der Waals surface area contributed by atoms with Gasteiger partial charge >= 0.3 is 0 Å². The largest absolute Gasteiger partial charge is 0.488 e. The van der Waals surface area contributed by atoms with Crippen molar-refractivity contribution in [2.45, 2.75) is 19.4 Å². The molecule has 0 aliphatic heterocycles. The van der Waals surface area contributed by atoms with Crippen LogP contribution in [-0.4, -0.2) is 29.5 Å². The molecule has 7 nitrogen and oxygen atoms in total. The normalized spacial score (nSPS) is 13.5. The molecule has 0 saturated heterocycles. The minimum atomic E-state index is -1.11. The van der Waals surface area contributed by atoms with E-state index >= 15 is 0 Å². The van der Waals surface area contributed by atoms with Gasteiger partial charge in [-0.25, -0.2) is 0 Å². The summed E-state index contributed by atoms with van der Waals surface area (Å²) in [6.07, 6.45) is 0. The number of primary amides is 1. The number of carbonyl (C=O) groups is 1. The number of nitro groups is 1. The molecule has 1 aromatic carbocycles. The highest BCUT2D eigenvalue weighted by Crippen LogP contribution is 2.37. The molecule has 0 heterocycles. The number of nitrogens with one attached hydrogen (secondary N) is 1. The van der Waals surface area contributed by atoms with Crippen LogP contribution >= 0.6 is 23.2 Å². The smallest absolute Gasteiger partial charge is 0.272 e. The van der Waals surface area contributed by atoms with E-state index in [2.05, 4.69) is 5.32 Å². The van der Waals surface area contributed by atoms with Crippen molar-refractivity contribution in [2.24, 2.45) is 5.73 Å². The molecule has 0 fully saturated rings. The van der Waals surface area contributed by atoms with E-state index in [4.69, 9.17) is 33.7 Å². The van der Waals surface area contributed by atoms with Crippen molar-refractivity contribution in [1.29, 1.82) is 0 Å². The zero-order chi connectivity index (χ0) is 16.2. The van der Waals surface area contributed by atoms with Crippen LogP contribution < -0.4 is 15.8 Å². The van der Waals surface area contributed by atoms with Crippen LogP contribution in [0.5, 0.6) is 5.75 Å². The van der Waals surface area contributed by atoms with Crippen molar-refractivity contribution >= 4 is 34.8 Å². The highest BCUT2D eigenvalue weighted by molar-refractivity contribution is 6.37. The molecule has 3 N–H and O–H groups in total. The summed E-state index contributed by atoms with van der Waals surface area (Å²) >= 11 is 11.8. The summed E-state index contributed by atoms with van der Waals surface area (Å²) in [5.74, 6) is -0.534. The second kappa shape index (κ2) is 6.93. The number of ether oxygens (including phenoxy) is 1. The lowest BCUT2D eigenvalue weighted by Gasteiger charge is -2.27. The number of amides is 1. The van der Waals surface area contributed by atoms with Gasteiger partial charge in [0, 0.05) is 12.1 Å². The van der Waals surface area contributed by atoms with Gasteiger partial charge in [-0.2, -0.15) is 0 Å². The first kappa shape index (κ1) is 17.5. The zero-order valence-electron chi connectivity index (χ0n) is 11.5. The summed E-state index contributed by atoms with van der Waals surface area (Å²) in [7, 11) is 0. The molecule has 21 heavy (non-hydrogen) atoms. The lowest BCUT2D eigenvalue weighted by molar-refractivity contribution is -0.384. The number of hydrogen-bond donors (Lipinski definition) is 2. The summed E-state index contributed by atoms with van der Waals surface area (Å²) in [5, 5.41) is 13.6. The Morgan fingerprint density at radius 3 is 2.38 bits per heavy atom. The fourth-order valence-electron chi connectivity index (χ4n) is 1.61. The number of likely N-dealkylation sites (N-methyl/N-ethyl adjacent to an activating group) is 1. The number of benzene rings is 1. The van der Waals surface area contributed by atoms with Crippen LogP contribution in [0.15, 0.2) is 12.1 Å². The maximum Gasteiger partial charge on any atom is 0.272 e. The molecular formula is C12H15Cl2N3O4. The minimum Gasteiger partial charge on any atom is -0.488 e. The van der Waals surface area contributed by atoms with Crippen LogP contribution in [-0.2, 0) is 4.79 Å². The summed E-state index contributed by atoms with van der Waals surface area (Å²) in [4.78, 5) is 21.5. The van der Waals surface area contributed by atoms with Gasteiger partial charge in [-0.05, 0) is 13.5 Å². The predicted octanol–water partition coefficient (Wildman–Crippen LogP) is 2.13. The van der Waals surface area contributed by atoms with Crippen molar-refractivity contribution in [1.82, 2.24) is 5.32 Å². The molecule has 0 bridgehead atoms. The molecule has 9 heteroatoms. The maximum absolute atomic E-state index is 11.5. The highest BCUT2D eigenvalue weighted by Gasteiger charge is 2.31. The second-order valence-electron chi connectivity index (χ2n) is 4.51. The number of nitrogens with zero attached hydrogens (tertiary/aromatic N) is 1. The maximum atomic E-state index is 11.5. The molecule has 1 amide bonds. The van der Waals surface area contributed by atoms with Gasteiger partial charge in [0.15, 0.2) is 5.75 Å². The molecular weight excluding hydrogens is 321 g/mol. The Morgan fingerprint density at radius 1 is 1.48 bits per heavy atom. The summed E-state index contributed by atoms with van der Waals surface area (Å²) < 4.78 is 5.43. The molecule has 116 valence electrons. The number of non-ortho nitro benzene ring substituents is 1. The molecule has 1 unspecified atom stereocenters. The Morgan fingerprint density at radius 2 is 2.00 bits per heavy atom. The van der Waals surface area contributed by atoms with Crippen molar-refractivity contribution < 1.29 is 14.5 Å². The SMILES string of the molecule is CCNC(C)(COc1c(Cl)cc([N+](=O)[O-])cc1Cl)C(N)=O. The standard InChI is InChI=1S/C12H15Cl2N3O4/c1-3-16-12(2,11(15)18)6-21-10-8(13)4-7(17(19)20)5-9(10)14/h4-5,16H,3,6H2,1-2H3,(H2,15,18). The van der Waals surface area contributed by atoms with Gasteiger partial charge in [-0.1, -0.05) is 30.1 Å². The van der Waals surface area contributed by atoms with Gasteiger partial charge in [0.1, 0.15) is 12.1 Å².